The summed E-state index contributed by atoms with van der Waals surface area (Å²) in [6.45, 7) is 2.86. The van der Waals surface area contributed by atoms with E-state index < -0.39 is 34.0 Å². The summed E-state index contributed by atoms with van der Waals surface area (Å²) in [6, 6.07) is 8.18. The van der Waals surface area contributed by atoms with Crippen LogP contribution in [0.1, 0.15) is 25.1 Å². The molecule has 144 valence electrons. The first-order valence-corrected chi connectivity index (χ1v) is 8.26. The molecule has 0 saturated carbocycles. The van der Waals surface area contributed by atoms with Crippen molar-refractivity contribution in [1.29, 1.82) is 0 Å². The average molecular weight is 400 g/mol. The maximum atomic E-state index is 12.9. The molecule has 0 bridgehead atoms. The second kappa shape index (κ2) is 7.96. The molecule has 0 atom stereocenters. The Kier molecular flexibility index (Phi) is 6.10. The summed E-state index contributed by atoms with van der Waals surface area (Å²) in [5.41, 5.74) is -2.09. The Labute approximate surface area is 158 Å². The van der Waals surface area contributed by atoms with E-state index in [9.17, 15) is 22.8 Å². The minimum Gasteiger partial charge on any atom is -0.350 e. The molecule has 0 aliphatic heterocycles. The first kappa shape index (κ1) is 20.7. The number of hydrogen-bond acceptors (Lipinski definition) is 3. The number of alkyl halides is 3. The van der Waals surface area contributed by atoms with Crippen molar-refractivity contribution in [2.24, 2.45) is 5.41 Å². The number of benzene rings is 1. The first-order chi connectivity index (χ1) is 12.5. The molecule has 1 aromatic heterocycles. The Morgan fingerprint density at radius 2 is 1.81 bits per heavy atom. The van der Waals surface area contributed by atoms with E-state index >= 15 is 0 Å². The van der Waals surface area contributed by atoms with E-state index in [1.54, 1.807) is 24.4 Å². The standard InChI is InChI=1S/C18H17ClF3N3O2/c1-17(2,15(26)24-10-12-5-3-4-8-23-12)16(27)25-11-6-7-14(19)13(9-11)18(20,21)22/h3-9H,10H2,1-2H3,(H,24,26)(H,25,27). The van der Waals surface area contributed by atoms with Crippen molar-refractivity contribution in [2.75, 3.05) is 5.32 Å². The second-order valence-corrected chi connectivity index (χ2v) is 6.68. The van der Waals surface area contributed by atoms with Crippen molar-refractivity contribution in [1.82, 2.24) is 10.3 Å². The predicted molar refractivity (Wildman–Crippen MR) is 94.9 cm³/mol. The van der Waals surface area contributed by atoms with Crippen LogP contribution in [0.4, 0.5) is 18.9 Å². The second-order valence-electron chi connectivity index (χ2n) is 6.28. The number of pyridine rings is 1. The van der Waals surface area contributed by atoms with Gasteiger partial charge in [-0.15, -0.1) is 0 Å². The number of nitrogens with one attached hydrogen (secondary N) is 2. The van der Waals surface area contributed by atoms with Crippen LogP contribution in [-0.2, 0) is 22.3 Å². The molecule has 2 aromatic rings. The Morgan fingerprint density at radius 3 is 2.41 bits per heavy atom. The molecule has 2 rings (SSSR count). The third-order valence-electron chi connectivity index (χ3n) is 3.82. The summed E-state index contributed by atoms with van der Waals surface area (Å²) in [4.78, 5) is 28.8. The van der Waals surface area contributed by atoms with Gasteiger partial charge in [-0.25, -0.2) is 0 Å². The molecule has 0 fully saturated rings. The van der Waals surface area contributed by atoms with Gasteiger partial charge in [0, 0.05) is 11.9 Å². The van der Waals surface area contributed by atoms with E-state index in [1.807, 2.05) is 0 Å². The van der Waals surface area contributed by atoms with E-state index in [4.69, 9.17) is 11.6 Å². The van der Waals surface area contributed by atoms with E-state index in [-0.39, 0.29) is 12.2 Å². The van der Waals surface area contributed by atoms with Crippen molar-refractivity contribution in [3.63, 3.8) is 0 Å². The molecule has 2 N–H and O–H groups in total. The number of halogens is 4. The Balaban J connectivity index is 2.08. The number of hydrogen-bond donors (Lipinski definition) is 2. The minimum atomic E-state index is -4.66. The van der Waals surface area contributed by atoms with Crippen molar-refractivity contribution in [3.8, 4) is 0 Å². The molecule has 2 amide bonds. The van der Waals surface area contributed by atoms with Gasteiger partial charge in [0.1, 0.15) is 5.41 Å². The van der Waals surface area contributed by atoms with Gasteiger partial charge in [0.25, 0.3) is 0 Å². The van der Waals surface area contributed by atoms with Crippen LogP contribution in [-0.4, -0.2) is 16.8 Å². The number of aromatic nitrogens is 1. The molecule has 27 heavy (non-hydrogen) atoms. The topological polar surface area (TPSA) is 71.1 Å². The molecule has 0 aliphatic rings. The van der Waals surface area contributed by atoms with Crippen LogP contribution in [0.2, 0.25) is 5.02 Å². The summed E-state index contributed by atoms with van der Waals surface area (Å²) in [6.07, 6.45) is -3.09. The summed E-state index contributed by atoms with van der Waals surface area (Å²) in [5, 5.41) is 4.44. The summed E-state index contributed by atoms with van der Waals surface area (Å²) >= 11 is 5.55. The van der Waals surface area contributed by atoms with Gasteiger partial charge >= 0.3 is 6.18 Å². The van der Waals surface area contributed by atoms with Gasteiger partial charge < -0.3 is 10.6 Å². The predicted octanol–water partition coefficient (Wildman–Crippen LogP) is 4.03. The first-order valence-electron chi connectivity index (χ1n) is 7.88. The SMILES string of the molecule is CC(C)(C(=O)NCc1ccccn1)C(=O)Nc1ccc(Cl)c(C(F)(F)F)c1. The highest BCUT2D eigenvalue weighted by Gasteiger charge is 2.37. The van der Waals surface area contributed by atoms with Gasteiger partial charge in [-0.05, 0) is 44.2 Å². The van der Waals surface area contributed by atoms with E-state index in [0.717, 1.165) is 12.1 Å². The quantitative estimate of drug-likeness (QED) is 0.745. The van der Waals surface area contributed by atoms with Crippen LogP contribution in [0.3, 0.4) is 0 Å². The molecule has 0 unspecified atom stereocenters. The summed E-state index contributed by atoms with van der Waals surface area (Å²) in [7, 11) is 0. The molecule has 1 aromatic carbocycles. The molecule has 0 saturated heterocycles. The molecular formula is C18H17ClF3N3O2. The van der Waals surface area contributed by atoms with Gasteiger partial charge in [0.05, 0.1) is 22.8 Å². The maximum absolute atomic E-state index is 12.9. The Hall–Kier alpha value is -2.61. The average Bonchev–Trinajstić information content (AvgIpc) is 2.61. The molecule has 5 nitrogen and oxygen atoms in total. The van der Waals surface area contributed by atoms with Crippen LogP contribution < -0.4 is 10.6 Å². The zero-order valence-electron chi connectivity index (χ0n) is 14.5. The van der Waals surface area contributed by atoms with Crippen molar-refractivity contribution >= 4 is 29.1 Å². The number of nitrogens with zero attached hydrogens (tertiary/aromatic N) is 1. The summed E-state index contributed by atoms with van der Waals surface area (Å²) in [5.74, 6) is -1.34. The lowest BCUT2D eigenvalue weighted by Gasteiger charge is -2.23. The lowest BCUT2D eigenvalue weighted by atomic mass is 9.91. The van der Waals surface area contributed by atoms with Crippen molar-refractivity contribution in [2.45, 2.75) is 26.6 Å². The van der Waals surface area contributed by atoms with Crippen LogP contribution in [0.25, 0.3) is 0 Å². The minimum absolute atomic E-state index is 0.109. The number of amides is 2. The van der Waals surface area contributed by atoms with Gasteiger partial charge in [-0.1, -0.05) is 17.7 Å². The fourth-order valence-electron chi connectivity index (χ4n) is 2.11. The zero-order valence-corrected chi connectivity index (χ0v) is 15.3. The number of carbonyl (C=O) groups excluding carboxylic acids is 2. The highest BCUT2D eigenvalue weighted by molar-refractivity contribution is 6.31. The third kappa shape index (κ3) is 5.19. The Bertz CT molecular complexity index is 839. The van der Waals surface area contributed by atoms with Crippen LogP contribution in [0, 0.1) is 5.41 Å². The van der Waals surface area contributed by atoms with Gasteiger partial charge in [0.15, 0.2) is 0 Å². The van der Waals surface area contributed by atoms with E-state index in [1.165, 1.54) is 19.9 Å². The largest absolute Gasteiger partial charge is 0.417 e. The molecule has 0 aliphatic carbocycles. The molecule has 0 radical (unpaired) electrons. The molecule has 9 heteroatoms. The Morgan fingerprint density at radius 1 is 1.11 bits per heavy atom. The fourth-order valence-corrected chi connectivity index (χ4v) is 2.33. The highest BCUT2D eigenvalue weighted by Crippen LogP contribution is 2.36. The van der Waals surface area contributed by atoms with Crippen molar-refractivity contribution in [3.05, 3.63) is 58.9 Å². The number of anilines is 1. The lowest BCUT2D eigenvalue weighted by molar-refractivity contribution is -0.139. The highest BCUT2D eigenvalue weighted by atomic mass is 35.5. The van der Waals surface area contributed by atoms with Crippen LogP contribution in [0.15, 0.2) is 42.6 Å². The van der Waals surface area contributed by atoms with E-state index in [2.05, 4.69) is 15.6 Å². The number of carbonyl (C=O) groups is 2. The monoisotopic (exact) mass is 399 g/mol. The smallest absolute Gasteiger partial charge is 0.350 e. The molecular weight excluding hydrogens is 383 g/mol. The molecule has 0 spiro atoms. The maximum Gasteiger partial charge on any atom is 0.417 e. The fraction of sp³-hybridized carbons (Fsp3) is 0.278. The van der Waals surface area contributed by atoms with Crippen LogP contribution >= 0.6 is 11.6 Å². The summed E-state index contributed by atoms with van der Waals surface area (Å²) < 4.78 is 38.8. The van der Waals surface area contributed by atoms with E-state index in [0.29, 0.717) is 5.69 Å². The lowest BCUT2D eigenvalue weighted by Crippen LogP contribution is -2.45. The van der Waals surface area contributed by atoms with Gasteiger partial charge in [-0.3, -0.25) is 14.6 Å². The third-order valence-corrected chi connectivity index (χ3v) is 4.15. The van der Waals surface area contributed by atoms with Gasteiger partial charge in [-0.2, -0.15) is 13.2 Å². The zero-order chi connectivity index (χ0) is 20.2. The number of rotatable bonds is 5. The van der Waals surface area contributed by atoms with Crippen molar-refractivity contribution < 1.29 is 22.8 Å². The molecule has 1 heterocycles. The van der Waals surface area contributed by atoms with Gasteiger partial charge in [0.2, 0.25) is 11.8 Å². The normalized spacial score (nSPS) is 11.8. The van der Waals surface area contributed by atoms with Crippen LogP contribution in [0.5, 0.6) is 0 Å².